The molecule has 0 heterocycles. The molecule has 1 aromatic carbocycles. The largest absolute Gasteiger partial charge is 0.508 e. The summed E-state index contributed by atoms with van der Waals surface area (Å²) in [6.07, 6.45) is 0. The number of benzene rings is 1. The van der Waals surface area contributed by atoms with Crippen LogP contribution < -0.4 is 4.34 Å². The third-order valence-electron chi connectivity index (χ3n) is 0.889. The van der Waals surface area contributed by atoms with Crippen LogP contribution in [0.3, 0.4) is 0 Å². The second-order valence-corrected chi connectivity index (χ2v) is 2.38. The van der Waals surface area contributed by atoms with Gasteiger partial charge in [0.15, 0.2) is 0 Å². The number of carbonyl (C=O) groups is 1. The van der Waals surface area contributed by atoms with Gasteiger partial charge in [0.1, 0.15) is 5.75 Å². The molecule has 0 aromatic heterocycles. The minimum absolute atomic E-state index is 0.0787. The van der Waals surface area contributed by atoms with Gasteiger partial charge < -0.3 is 5.11 Å². The van der Waals surface area contributed by atoms with Crippen LogP contribution in [0.5, 0.6) is 5.75 Å². The minimum Gasteiger partial charge on any atom is -0.508 e. The number of aromatic hydroxyl groups is 1. The lowest BCUT2D eigenvalue weighted by Crippen LogP contribution is -2.03. The maximum Gasteiger partial charge on any atom is 0.226 e. The van der Waals surface area contributed by atoms with E-state index in [0.717, 1.165) is 0 Å². The number of phenolic OH excluding ortho intramolecular Hbond substituents is 1. The van der Waals surface area contributed by atoms with Crippen molar-refractivity contribution >= 4 is 22.1 Å². The number of amides is 1. The molecule has 2 N–H and O–H groups in total. The molecule has 0 aliphatic carbocycles. The van der Waals surface area contributed by atoms with E-state index < -0.39 is 0 Å². The lowest BCUT2D eigenvalue weighted by molar-refractivity contribution is -0.116. The molecule has 66 valence electrons. The van der Waals surface area contributed by atoms with E-state index >= 15 is 0 Å². The number of phenols is 1. The van der Waals surface area contributed by atoms with Crippen molar-refractivity contribution < 1.29 is 9.90 Å². The van der Waals surface area contributed by atoms with E-state index in [9.17, 15) is 4.79 Å². The van der Waals surface area contributed by atoms with Crippen LogP contribution >= 0.6 is 16.1 Å². The summed E-state index contributed by atoms with van der Waals surface area (Å²) < 4.78 is 2.20. The first-order valence-electron chi connectivity index (χ1n) is 3.28. The van der Waals surface area contributed by atoms with Crippen LogP contribution in [0.4, 0.5) is 0 Å². The van der Waals surface area contributed by atoms with Crippen LogP contribution in [0.25, 0.3) is 0 Å². The van der Waals surface area contributed by atoms with E-state index in [1.807, 2.05) is 6.07 Å². The second kappa shape index (κ2) is 6.67. The summed E-state index contributed by atoms with van der Waals surface area (Å²) >= 11 is 2.71. The van der Waals surface area contributed by atoms with Crippen molar-refractivity contribution in [2.45, 2.75) is 6.92 Å². The van der Waals surface area contributed by atoms with E-state index in [1.54, 1.807) is 24.3 Å². The van der Waals surface area contributed by atoms with Gasteiger partial charge in [-0.1, -0.05) is 18.2 Å². The Kier molecular flexibility index (Phi) is 6.09. The van der Waals surface area contributed by atoms with Crippen molar-refractivity contribution in [3.8, 4) is 5.75 Å². The third kappa shape index (κ3) is 7.08. The molecule has 0 saturated heterocycles. The zero-order valence-electron chi connectivity index (χ0n) is 6.62. The number of para-hydroxylation sites is 1. The number of halogens is 1. The predicted octanol–water partition coefficient (Wildman–Crippen LogP) is 1.82. The van der Waals surface area contributed by atoms with Gasteiger partial charge >= 0.3 is 0 Å². The molecule has 4 heteroatoms. The second-order valence-electron chi connectivity index (χ2n) is 1.99. The summed E-state index contributed by atoms with van der Waals surface area (Å²) in [6.45, 7) is 1.43. The number of rotatable bonds is 0. The summed E-state index contributed by atoms with van der Waals surface area (Å²) in [6, 6.07) is 8.71. The van der Waals surface area contributed by atoms with Gasteiger partial charge in [-0.15, -0.1) is 0 Å². The molecule has 1 rings (SSSR count). The first-order chi connectivity index (χ1) is 5.66. The Hall–Kier alpha value is -1.03. The number of hydrogen-bond donors (Lipinski definition) is 2. The summed E-state index contributed by atoms with van der Waals surface area (Å²) in [4.78, 5) is 9.65. The smallest absolute Gasteiger partial charge is 0.226 e. The fraction of sp³-hybridized carbons (Fsp3) is 0.125. The highest BCUT2D eigenvalue weighted by atomic mass is 79.9. The molecular formula is C8H10BrNO2. The van der Waals surface area contributed by atoms with Crippen LogP contribution in [0, 0.1) is 0 Å². The van der Waals surface area contributed by atoms with Gasteiger partial charge in [-0.3, -0.25) is 9.14 Å². The quantitative estimate of drug-likeness (QED) is 0.670. The van der Waals surface area contributed by atoms with Crippen molar-refractivity contribution in [1.29, 1.82) is 0 Å². The number of carbonyl (C=O) groups excluding carboxylic acids is 1. The van der Waals surface area contributed by atoms with Gasteiger partial charge in [-0.25, -0.2) is 0 Å². The monoisotopic (exact) mass is 231 g/mol. The predicted molar refractivity (Wildman–Crippen MR) is 50.9 cm³/mol. The van der Waals surface area contributed by atoms with Crippen LogP contribution in [0.2, 0.25) is 0 Å². The summed E-state index contributed by atoms with van der Waals surface area (Å²) in [5, 5.41) is 8.63. The Morgan fingerprint density at radius 1 is 1.42 bits per heavy atom. The van der Waals surface area contributed by atoms with Gasteiger partial charge in [0.05, 0.1) is 0 Å². The van der Waals surface area contributed by atoms with Gasteiger partial charge in [0, 0.05) is 23.1 Å². The lowest BCUT2D eigenvalue weighted by Gasteiger charge is -1.82. The SMILES string of the molecule is CC(=O)NBr.Oc1ccccc1. The molecule has 0 atom stereocenters. The van der Waals surface area contributed by atoms with E-state index in [2.05, 4.69) is 20.5 Å². The fourth-order valence-electron chi connectivity index (χ4n) is 0.428. The standard InChI is InChI=1S/C6H6O.C2H4BrNO/c7-6-4-2-1-3-5-6;1-2(5)4-3/h1-5,7H;1H3,(H,4,5). The molecule has 0 aliphatic rings. The molecule has 0 saturated carbocycles. The summed E-state index contributed by atoms with van der Waals surface area (Å²) in [5.41, 5.74) is 0. The maximum atomic E-state index is 9.65. The zero-order valence-corrected chi connectivity index (χ0v) is 8.21. The molecule has 0 aliphatic heterocycles. The highest BCUT2D eigenvalue weighted by Gasteiger charge is 1.75. The molecule has 0 fully saturated rings. The maximum absolute atomic E-state index is 9.65. The van der Waals surface area contributed by atoms with Crippen LogP contribution in [0.15, 0.2) is 30.3 Å². The molecule has 1 amide bonds. The van der Waals surface area contributed by atoms with Crippen molar-refractivity contribution in [3.63, 3.8) is 0 Å². The highest BCUT2D eigenvalue weighted by molar-refractivity contribution is 9.08. The average Bonchev–Trinajstić information content (AvgIpc) is 2.07. The first kappa shape index (κ1) is 11.0. The van der Waals surface area contributed by atoms with E-state index in [-0.39, 0.29) is 5.91 Å². The summed E-state index contributed by atoms with van der Waals surface area (Å²) in [7, 11) is 0. The van der Waals surface area contributed by atoms with Crippen LogP contribution in [0.1, 0.15) is 6.92 Å². The van der Waals surface area contributed by atoms with Gasteiger partial charge in [-0.05, 0) is 12.1 Å². The van der Waals surface area contributed by atoms with Gasteiger partial charge in [0.25, 0.3) is 0 Å². The number of hydrogen-bond acceptors (Lipinski definition) is 2. The normalized spacial score (nSPS) is 7.83. The van der Waals surface area contributed by atoms with Crippen LogP contribution in [-0.4, -0.2) is 11.0 Å². The Morgan fingerprint density at radius 3 is 2.00 bits per heavy atom. The highest BCUT2D eigenvalue weighted by Crippen LogP contribution is 2.02. The van der Waals surface area contributed by atoms with Crippen LogP contribution in [-0.2, 0) is 4.79 Å². The van der Waals surface area contributed by atoms with Crippen molar-refractivity contribution in [3.05, 3.63) is 30.3 Å². The molecule has 0 unspecified atom stereocenters. The molecule has 0 spiro atoms. The molecule has 12 heavy (non-hydrogen) atoms. The Labute approximate surface area is 79.8 Å². The topological polar surface area (TPSA) is 49.3 Å². The first-order valence-corrected chi connectivity index (χ1v) is 4.07. The molecule has 3 nitrogen and oxygen atoms in total. The summed E-state index contributed by atoms with van der Waals surface area (Å²) in [5.74, 6) is 0.243. The zero-order chi connectivity index (χ0) is 9.40. The average molecular weight is 232 g/mol. The molecule has 1 aromatic rings. The lowest BCUT2D eigenvalue weighted by atomic mass is 10.3. The van der Waals surface area contributed by atoms with Crippen molar-refractivity contribution in [2.75, 3.05) is 0 Å². The van der Waals surface area contributed by atoms with E-state index in [4.69, 9.17) is 5.11 Å². The molecular weight excluding hydrogens is 222 g/mol. The van der Waals surface area contributed by atoms with E-state index in [1.165, 1.54) is 6.92 Å². The Balaban J connectivity index is 0.000000217. The fourth-order valence-corrected chi connectivity index (χ4v) is 0.428. The van der Waals surface area contributed by atoms with Crippen molar-refractivity contribution in [2.24, 2.45) is 0 Å². The van der Waals surface area contributed by atoms with Gasteiger partial charge in [-0.2, -0.15) is 0 Å². The molecule has 0 radical (unpaired) electrons. The number of nitrogens with one attached hydrogen (secondary N) is 1. The third-order valence-corrected chi connectivity index (χ3v) is 1.45. The van der Waals surface area contributed by atoms with Gasteiger partial charge in [0.2, 0.25) is 5.91 Å². The van der Waals surface area contributed by atoms with Crippen molar-refractivity contribution in [1.82, 2.24) is 4.34 Å². The van der Waals surface area contributed by atoms with E-state index in [0.29, 0.717) is 5.75 Å². The molecule has 0 bridgehead atoms. The Morgan fingerprint density at radius 2 is 1.83 bits per heavy atom. The minimum atomic E-state index is -0.0787. The Bertz CT molecular complexity index is 226.